The van der Waals surface area contributed by atoms with Crippen LogP contribution in [0.1, 0.15) is 58.2 Å². The van der Waals surface area contributed by atoms with Crippen molar-refractivity contribution >= 4 is 22.6 Å². The topological polar surface area (TPSA) is 50.8 Å². The second-order valence-corrected chi connectivity index (χ2v) is 5.94. The van der Waals surface area contributed by atoms with Gasteiger partial charge in [-0.2, -0.15) is 0 Å². The lowest BCUT2D eigenvalue weighted by atomic mass is 10.0. The van der Waals surface area contributed by atoms with Gasteiger partial charge in [0.05, 0.1) is 7.11 Å². The minimum atomic E-state index is 0.811. The van der Waals surface area contributed by atoms with Gasteiger partial charge in [-0.3, -0.25) is 9.97 Å². The Morgan fingerprint density at radius 2 is 1.64 bits per heavy atom. The average Bonchev–Trinajstić information content (AvgIpc) is 3.34. The zero-order valence-electron chi connectivity index (χ0n) is 20.8. The fraction of sp³-hybridized carbons (Fsp3) is 0.241. The highest BCUT2D eigenvalue weighted by molar-refractivity contribution is 6.02. The number of hydrogen-bond acceptors (Lipinski definition) is 3. The SMILES string of the molecule is CC.CC.CC.COc1ccc2[nH]cc(/C(C#Cc3ccncc3)=C/c3cccnc3)c2c1. The summed E-state index contributed by atoms with van der Waals surface area (Å²) in [5.41, 5.74) is 4.87. The number of allylic oxidation sites excluding steroid dienone is 1. The Labute approximate surface area is 198 Å². The summed E-state index contributed by atoms with van der Waals surface area (Å²) in [5.74, 6) is 7.35. The quantitative estimate of drug-likeness (QED) is 0.332. The molecule has 0 spiro atoms. The molecule has 4 nitrogen and oxygen atoms in total. The van der Waals surface area contributed by atoms with Crippen LogP contribution in [0.4, 0.5) is 0 Å². The van der Waals surface area contributed by atoms with Gasteiger partial charge in [0.1, 0.15) is 5.75 Å². The van der Waals surface area contributed by atoms with Gasteiger partial charge in [0.15, 0.2) is 0 Å². The van der Waals surface area contributed by atoms with Crippen LogP contribution in [0.15, 0.2) is 73.4 Å². The Morgan fingerprint density at radius 1 is 0.909 bits per heavy atom. The molecule has 0 unspecified atom stereocenters. The summed E-state index contributed by atoms with van der Waals surface area (Å²) in [6.45, 7) is 12.0. The molecular weight excluding hydrogens is 406 g/mol. The van der Waals surface area contributed by atoms with Crippen molar-refractivity contribution in [3.63, 3.8) is 0 Å². The Balaban J connectivity index is 0.000000841. The molecule has 3 aromatic heterocycles. The van der Waals surface area contributed by atoms with Gasteiger partial charge in [0.2, 0.25) is 0 Å². The molecule has 0 atom stereocenters. The number of methoxy groups -OCH3 is 1. The molecule has 0 bridgehead atoms. The van der Waals surface area contributed by atoms with Gasteiger partial charge in [0.25, 0.3) is 0 Å². The predicted molar refractivity (Wildman–Crippen MR) is 142 cm³/mol. The Morgan fingerprint density at radius 3 is 2.27 bits per heavy atom. The molecule has 0 saturated carbocycles. The highest BCUT2D eigenvalue weighted by Gasteiger charge is 2.09. The summed E-state index contributed by atoms with van der Waals surface area (Å²) < 4.78 is 5.39. The molecule has 4 heteroatoms. The van der Waals surface area contributed by atoms with Crippen LogP contribution in [0.25, 0.3) is 22.6 Å². The van der Waals surface area contributed by atoms with E-state index in [1.54, 1.807) is 25.7 Å². The number of aromatic amines is 1. The molecule has 0 aliphatic carbocycles. The van der Waals surface area contributed by atoms with Crippen LogP contribution >= 0.6 is 0 Å². The molecule has 0 radical (unpaired) electrons. The van der Waals surface area contributed by atoms with Gasteiger partial charge in [0, 0.05) is 58.6 Å². The molecule has 0 aliphatic heterocycles. The molecule has 0 fully saturated rings. The molecule has 1 N–H and O–H groups in total. The molecule has 172 valence electrons. The van der Waals surface area contributed by atoms with E-state index >= 15 is 0 Å². The fourth-order valence-corrected chi connectivity index (χ4v) is 2.83. The number of benzene rings is 1. The standard InChI is InChI=1S/C23H17N3O.3C2H6/c1-27-20-6-7-23-21(14-20)22(16-26-23)19(13-18-3-2-10-25-15-18)5-4-17-8-11-24-12-9-17;3*1-2/h2-3,6-16,26H,1H3;3*1-2H3/b19-13+;;;. The van der Waals surface area contributed by atoms with Crippen LogP contribution in [0.3, 0.4) is 0 Å². The number of ether oxygens (including phenoxy) is 1. The lowest BCUT2D eigenvalue weighted by Crippen LogP contribution is -1.85. The molecule has 33 heavy (non-hydrogen) atoms. The smallest absolute Gasteiger partial charge is 0.119 e. The van der Waals surface area contributed by atoms with Crippen molar-refractivity contribution < 1.29 is 4.74 Å². The Bertz CT molecular complexity index is 1150. The highest BCUT2D eigenvalue weighted by Crippen LogP contribution is 2.29. The van der Waals surface area contributed by atoms with Gasteiger partial charge < -0.3 is 9.72 Å². The van der Waals surface area contributed by atoms with Crippen molar-refractivity contribution in [3.05, 3.63) is 90.1 Å². The number of H-pyrrole nitrogens is 1. The second kappa shape index (κ2) is 15.9. The lowest BCUT2D eigenvalue weighted by molar-refractivity contribution is 0.415. The van der Waals surface area contributed by atoms with E-state index in [1.807, 2.05) is 102 Å². The summed E-state index contributed by atoms with van der Waals surface area (Å²) in [7, 11) is 1.67. The van der Waals surface area contributed by atoms with Crippen LogP contribution in [-0.4, -0.2) is 22.1 Å². The van der Waals surface area contributed by atoms with Crippen molar-refractivity contribution in [2.75, 3.05) is 7.11 Å². The Hall–Kier alpha value is -3.84. The normalized spacial score (nSPS) is 9.61. The van der Waals surface area contributed by atoms with Gasteiger partial charge in [-0.15, -0.1) is 0 Å². The van der Waals surface area contributed by atoms with Crippen LogP contribution in [-0.2, 0) is 0 Å². The summed E-state index contributed by atoms with van der Waals surface area (Å²) in [4.78, 5) is 11.6. The Kier molecular flexibility index (Phi) is 13.1. The van der Waals surface area contributed by atoms with E-state index < -0.39 is 0 Å². The first kappa shape index (κ1) is 27.2. The first-order valence-corrected chi connectivity index (χ1v) is 11.5. The largest absolute Gasteiger partial charge is 0.497 e. The monoisotopic (exact) mass is 441 g/mol. The molecule has 0 aliphatic rings. The zero-order chi connectivity index (χ0) is 24.5. The number of nitrogens with zero attached hydrogens (tertiary/aromatic N) is 2. The molecule has 3 heterocycles. The van der Waals surface area contributed by atoms with E-state index in [9.17, 15) is 0 Å². The van der Waals surface area contributed by atoms with Gasteiger partial charge >= 0.3 is 0 Å². The van der Waals surface area contributed by atoms with E-state index in [0.29, 0.717) is 0 Å². The number of hydrogen-bond donors (Lipinski definition) is 1. The molecule has 4 rings (SSSR count). The summed E-state index contributed by atoms with van der Waals surface area (Å²) in [6.07, 6.45) is 11.1. The third-order valence-electron chi connectivity index (χ3n) is 4.20. The van der Waals surface area contributed by atoms with E-state index in [4.69, 9.17) is 4.74 Å². The number of aromatic nitrogens is 3. The second-order valence-electron chi connectivity index (χ2n) is 5.94. The van der Waals surface area contributed by atoms with E-state index in [1.165, 1.54) is 0 Å². The molecule has 0 amide bonds. The fourth-order valence-electron chi connectivity index (χ4n) is 2.83. The molecule has 0 saturated heterocycles. The number of rotatable bonds is 3. The van der Waals surface area contributed by atoms with Crippen LogP contribution in [0, 0.1) is 11.8 Å². The van der Waals surface area contributed by atoms with Crippen molar-refractivity contribution in [1.82, 2.24) is 15.0 Å². The van der Waals surface area contributed by atoms with Crippen molar-refractivity contribution in [1.29, 1.82) is 0 Å². The van der Waals surface area contributed by atoms with E-state index in [0.717, 1.165) is 38.9 Å². The van der Waals surface area contributed by atoms with Gasteiger partial charge in [-0.1, -0.05) is 59.4 Å². The summed E-state index contributed by atoms with van der Waals surface area (Å²) in [6, 6.07) is 13.7. The molecular formula is C29H35N3O. The first-order valence-electron chi connectivity index (χ1n) is 11.5. The van der Waals surface area contributed by atoms with Crippen LogP contribution in [0.5, 0.6) is 5.75 Å². The maximum atomic E-state index is 5.39. The zero-order valence-corrected chi connectivity index (χ0v) is 20.8. The maximum Gasteiger partial charge on any atom is 0.119 e. The van der Waals surface area contributed by atoms with Crippen molar-refractivity contribution in [3.8, 4) is 17.6 Å². The summed E-state index contributed by atoms with van der Waals surface area (Å²) >= 11 is 0. The lowest BCUT2D eigenvalue weighted by Gasteiger charge is -2.03. The minimum absolute atomic E-state index is 0.811. The number of pyridine rings is 2. The van der Waals surface area contributed by atoms with Gasteiger partial charge in [-0.05, 0) is 48.0 Å². The molecule has 1 aromatic carbocycles. The van der Waals surface area contributed by atoms with Crippen LogP contribution < -0.4 is 4.74 Å². The van der Waals surface area contributed by atoms with Gasteiger partial charge in [-0.25, -0.2) is 0 Å². The number of nitrogens with one attached hydrogen (secondary N) is 1. The third kappa shape index (κ3) is 7.97. The average molecular weight is 442 g/mol. The third-order valence-corrected chi connectivity index (χ3v) is 4.20. The molecule has 4 aromatic rings. The van der Waals surface area contributed by atoms with Crippen molar-refractivity contribution in [2.24, 2.45) is 0 Å². The predicted octanol–water partition coefficient (Wildman–Crippen LogP) is 7.64. The minimum Gasteiger partial charge on any atom is -0.497 e. The van der Waals surface area contributed by atoms with E-state index in [-0.39, 0.29) is 0 Å². The van der Waals surface area contributed by atoms with E-state index in [2.05, 4.69) is 26.8 Å². The number of fused-ring (bicyclic) bond motifs is 1. The van der Waals surface area contributed by atoms with Crippen LogP contribution in [0.2, 0.25) is 0 Å². The first-order chi connectivity index (χ1) is 16.3. The highest BCUT2D eigenvalue weighted by atomic mass is 16.5. The maximum absolute atomic E-state index is 5.39. The summed E-state index contributed by atoms with van der Waals surface area (Å²) in [5, 5.41) is 1.06. The van der Waals surface area contributed by atoms with Crippen molar-refractivity contribution in [2.45, 2.75) is 41.5 Å².